The molecule has 0 saturated carbocycles. The first-order valence-corrected chi connectivity index (χ1v) is 8.31. The maximum absolute atomic E-state index is 2.37. The van der Waals surface area contributed by atoms with Gasteiger partial charge in [0.1, 0.15) is 0 Å². The Morgan fingerprint density at radius 2 is 0.773 bits per heavy atom. The molecule has 0 fully saturated rings. The minimum Gasteiger partial charge on any atom is -0.0622 e. The topological polar surface area (TPSA) is 0 Å². The molecule has 0 amide bonds. The fraction of sp³-hybridized carbons (Fsp3) is 0.455. The quantitative estimate of drug-likeness (QED) is 0.594. The lowest BCUT2D eigenvalue weighted by molar-refractivity contribution is 0.186. The van der Waals surface area contributed by atoms with Crippen molar-refractivity contribution in [1.29, 1.82) is 0 Å². The molecule has 0 spiro atoms. The summed E-state index contributed by atoms with van der Waals surface area (Å²) in [4.78, 5) is 0. The van der Waals surface area contributed by atoms with E-state index in [1.54, 1.807) is 0 Å². The summed E-state index contributed by atoms with van der Waals surface area (Å²) in [7, 11) is 0. The summed E-state index contributed by atoms with van der Waals surface area (Å²) >= 11 is 0. The van der Waals surface area contributed by atoms with Gasteiger partial charge < -0.3 is 0 Å². The van der Waals surface area contributed by atoms with E-state index in [0.717, 1.165) is 0 Å². The monoisotopic (exact) mass is 294 g/mol. The predicted molar refractivity (Wildman–Crippen MR) is 97.3 cm³/mol. The van der Waals surface area contributed by atoms with Crippen LogP contribution >= 0.6 is 0 Å². The Hall–Kier alpha value is -1.56. The normalized spacial score (nSPS) is 15.4. The highest BCUT2D eigenvalue weighted by molar-refractivity contribution is 5.32. The van der Waals surface area contributed by atoms with E-state index in [2.05, 4.69) is 102 Å². The molecule has 0 N–H and O–H groups in total. The van der Waals surface area contributed by atoms with Crippen molar-refractivity contribution in [2.45, 2.75) is 53.4 Å². The molecular weight excluding hydrogens is 264 g/mol. The van der Waals surface area contributed by atoms with Crippen molar-refractivity contribution in [1.82, 2.24) is 0 Å². The van der Waals surface area contributed by atoms with E-state index in [9.17, 15) is 0 Å². The van der Waals surface area contributed by atoms with Crippen molar-refractivity contribution in [3.8, 4) is 0 Å². The molecule has 0 aromatic heterocycles. The number of hydrogen-bond acceptors (Lipinski definition) is 0. The van der Waals surface area contributed by atoms with E-state index in [-0.39, 0.29) is 10.8 Å². The molecule has 0 aliphatic carbocycles. The molecule has 2 aromatic rings. The van der Waals surface area contributed by atoms with Gasteiger partial charge >= 0.3 is 0 Å². The summed E-state index contributed by atoms with van der Waals surface area (Å²) in [6.07, 6.45) is 0. The van der Waals surface area contributed by atoms with E-state index >= 15 is 0 Å². The lowest BCUT2D eigenvalue weighted by Crippen LogP contribution is -2.32. The zero-order chi connectivity index (χ0) is 16.4. The van der Waals surface area contributed by atoms with Crippen LogP contribution in [-0.4, -0.2) is 0 Å². The van der Waals surface area contributed by atoms with Gasteiger partial charge in [0.25, 0.3) is 0 Å². The average Bonchev–Trinajstić information content (AvgIpc) is 2.44. The second kappa shape index (κ2) is 6.28. The molecule has 2 aromatic carbocycles. The summed E-state index contributed by atoms with van der Waals surface area (Å²) in [5, 5.41) is 0. The van der Waals surface area contributed by atoms with Gasteiger partial charge in [-0.1, -0.05) is 102 Å². The molecule has 0 aliphatic rings. The van der Waals surface area contributed by atoms with Gasteiger partial charge in [0, 0.05) is 0 Å². The highest BCUT2D eigenvalue weighted by Gasteiger charge is 2.40. The first kappa shape index (κ1) is 16.8. The zero-order valence-electron chi connectivity index (χ0n) is 14.9. The Kier molecular flexibility index (Phi) is 4.80. The van der Waals surface area contributed by atoms with Crippen LogP contribution < -0.4 is 0 Å². The second-order valence-corrected chi connectivity index (χ2v) is 8.51. The van der Waals surface area contributed by atoms with E-state index in [1.165, 1.54) is 11.1 Å². The lowest BCUT2D eigenvalue weighted by Gasteiger charge is -2.44. The molecule has 0 heteroatoms. The van der Waals surface area contributed by atoms with Crippen molar-refractivity contribution >= 4 is 0 Å². The van der Waals surface area contributed by atoms with Crippen LogP contribution in [0.25, 0.3) is 0 Å². The van der Waals surface area contributed by atoms with Crippen LogP contribution in [0.3, 0.4) is 0 Å². The van der Waals surface area contributed by atoms with Crippen LogP contribution in [0.5, 0.6) is 0 Å². The van der Waals surface area contributed by atoms with Gasteiger partial charge in [-0.05, 0) is 33.8 Å². The van der Waals surface area contributed by atoms with Gasteiger partial charge in [0.05, 0.1) is 0 Å². The molecular formula is C22H30. The third kappa shape index (κ3) is 3.80. The van der Waals surface area contributed by atoms with Crippen LogP contribution in [0.4, 0.5) is 0 Å². The third-order valence-corrected chi connectivity index (χ3v) is 4.52. The Bertz CT molecular complexity index is 511. The van der Waals surface area contributed by atoms with E-state index in [4.69, 9.17) is 0 Å². The minimum absolute atomic E-state index is 0.204. The van der Waals surface area contributed by atoms with E-state index < -0.39 is 0 Å². The molecule has 0 nitrogen and oxygen atoms in total. The number of hydrogen-bond donors (Lipinski definition) is 0. The summed E-state index contributed by atoms with van der Waals surface area (Å²) in [6.45, 7) is 14.2. The van der Waals surface area contributed by atoms with E-state index in [1.807, 2.05) is 0 Å². The standard InChI is InChI=1S/C22H30/c1-21(2,3)19(17-13-9-7-10-14-17)20(22(4,5)6)18-15-11-8-12-16-18/h7-16,19-20H,1-6H3/t19-,20?/m0/s1. The molecule has 2 atom stereocenters. The van der Waals surface area contributed by atoms with Gasteiger partial charge in [-0.15, -0.1) is 0 Å². The van der Waals surface area contributed by atoms with Gasteiger partial charge in [0.15, 0.2) is 0 Å². The maximum Gasteiger partial charge on any atom is -0.00394 e. The predicted octanol–water partition coefficient (Wildman–Crippen LogP) is 6.65. The lowest BCUT2D eigenvalue weighted by atomic mass is 9.60. The van der Waals surface area contributed by atoms with Crippen LogP contribution in [0, 0.1) is 10.8 Å². The van der Waals surface area contributed by atoms with Gasteiger partial charge in [-0.2, -0.15) is 0 Å². The number of rotatable bonds is 3. The average molecular weight is 294 g/mol. The molecule has 0 heterocycles. The van der Waals surface area contributed by atoms with Crippen molar-refractivity contribution in [3.05, 3.63) is 71.8 Å². The van der Waals surface area contributed by atoms with Crippen LogP contribution in [0.15, 0.2) is 60.7 Å². The number of benzene rings is 2. The fourth-order valence-electron chi connectivity index (χ4n) is 3.71. The first-order valence-electron chi connectivity index (χ1n) is 8.31. The molecule has 118 valence electrons. The Labute approximate surface area is 136 Å². The van der Waals surface area contributed by atoms with E-state index in [0.29, 0.717) is 11.8 Å². The minimum atomic E-state index is 0.204. The largest absolute Gasteiger partial charge is 0.0622 e. The molecule has 1 unspecified atom stereocenters. The highest BCUT2D eigenvalue weighted by atomic mass is 14.4. The van der Waals surface area contributed by atoms with Crippen LogP contribution in [-0.2, 0) is 0 Å². The van der Waals surface area contributed by atoms with Crippen molar-refractivity contribution in [2.24, 2.45) is 10.8 Å². The highest BCUT2D eigenvalue weighted by Crippen LogP contribution is 2.52. The Balaban J connectivity index is 2.60. The third-order valence-electron chi connectivity index (χ3n) is 4.52. The molecule has 0 saturated heterocycles. The van der Waals surface area contributed by atoms with Crippen LogP contribution in [0.2, 0.25) is 0 Å². The molecule has 0 aliphatic heterocycles. The SMILES string of the molecule is CC(C)(C)C(c1ccccc1)[C@H](c1ccccc1)C(C)(C)C. The molecule has 0 radical (unpaired) electrons. The van der Waals surface area contributed by atoms with Crippen molar-refractivity contribution in [2.75, 3.05) is 0 Å². The second-order valence-electron chi connectivity index (χ2n) is 8.51. The van der Waals surface area contributed by atoms with Crippen LogP contribution in [0.1, 0.15) is 64.5 Å². The smallest absolute Gasteiger partial charge is 0.00394 e. The van der Waals surface area contributed by atoms with Crippen molar-refractivity contribution < 1.29 is 0 Å². The summed E-state index contributed by atoms with van der Waals surface area (Å²) in [5.41, 5.74) is 3.29. The molecule has 22 heavy (non-hydrogen) atoms. The van der Waals surface area contributed by atoms with Gasteiger partial charge in [-0.3, -0.25) is 0 Å². The molecule has 0 bridgehead atoms. The summed E-state index contributed by atoms with van der Waals surface area (Å²) < 4.78 is 0. The fourth-order valence-corrected chi connectivity index (χ4v) is 3.71. The van der Waals surface area contributed by atoms with Gasteiger partial charge in [-0.25, -0.2) is 0 Å². The Morgan fingerprint density at radius 1 is 0.500 bits per heavy atom. The first-order chi connectivity index (χ1) is 10.2. The van der Waals surface area contributed by atoms with Gasteiger partial charge in [0.2, 0.25) is 0 Å². The summed E-state index contributed by atoms with van der Waals surface area (Å²) in [6, 6.07) is 22.0. The maximum atomic E-state index is 2.37. The Morgan fingerprint density at radius 3 is 1.00 bits per heavy atom. The summed E-state index contributed by atoms with van der Waals surface area (Å²) in [5.74, 6) is 0.965. The molecule has 2 rings (SSSR count). The zero-order valence-corrected chi connectivity index (χ0v) is 14.9. The van der Waals surface area contributed by atoms with Crippen molar-refractivity contribution in [3.63, 3.8) is 0 Å².